The second-order valence-electron chi connectivity index (χ2n) is 7.02. The summed E-state index contributed by atoms with van der Waals surface area (Å²) in [6, 6.07) is -0.528. The predicted molar refractivity (Wildman–Crippen MR) is 84.6 cm³/mol. The number of nitrogens with one attached hydrogen (secondary N) is 1. The van der Waals surface area contributed by atoms with Gasteiger partial charge in [0.15, 0.2) is 0 Å². The van der Waals surface area contributed by atoms with E-state index in [1.54, 1.807) is 6.92 Å². The fourth-order valence-electron chi connectivity index (χ4n) is 3.92. The highest BCUT2D eigenvalue weighted by molar-refractivity contribution is 7.98. The molecular weight excluding hydrogens is 327 g/mol. The Kier molecular flexibility index (Phi) is 7.07. The van der Waals surface area contributed by atoms with Crippen LogP contribution >= 0.6 is 11.9 Å². The third kappa shape index (κ3) is 7.33. The van der Waals surface area contributed by atoms with Gasteiger partial charge in [-0.15, -0.1) is 0 Å². The van der Waals surface area contributed by atoms with Gasteiger partial charge in [0.25, 0.3) is 0 Å². The van der Waals surface area contributed by atoms with E-state index in [1.165, 1.54) is 38.5 Å². The number of hydrogen-bond donors (Lipinski definition) is 1. The zero-order chi connectivity index (χ0) is 16.9. The van der Waals surface area contributed by atoms with Crippen LogP contribution < -0.4 is 4.72 Å². The van der Waals surface area contributed by atoms with Crippen molar-refractivity contribution in [3.8, 4) is 0 Å². The Balaban J connectivity index is 1.58. The van der Waals surface area contributed by atoms with E-state index in [9.17, 15) is 18.0 Å². The zero-order valence-electron chi connectivity index (χ0n) is 13.5. The van der Waals surface area contributed by atoms with Crippen molar-refractivity contribution < 1.29 is 22.7 Å². The highest BCUT2D eigenvalue weighted by Gasteiger charge is 2.32. The van der Waals surface area contributed by atoms with Crippen LogP contribution in [0, 0.1) is 17.8 Å². The molecule has 2 saturated carbocycles. The van der Waals surface area contributed by atoms with Gasteiger partial charge in [0.05, 0.1) is 0 Å². The molecule has 0 heterocycles. The third-order valence-electron chi connectivity index (χ3n) is 4.85. The van der Waals surface area contributed by atoms with Gasteiger partial charge in [-0.25, -0.2) is 0 Å². The molecule has 3 nitrogen and oxygen atoms in total. The fraction of sp³-hybridized carbons (Fsp3) is 0.938. The Morgan fingerprint density at radius 2 is 1.91 bits per heavy atom. The Hall–Kier alpha value is -0.430. The molecule has 2 fully saturated rings. The van der Waals surface area contributed by atoms with Crippen molar-refractivity contribution in [2.45, 2.75) is 69.8 Å². The molecule has 0 saturated heterocycles. The lowest BCUT2D eigenvalue weighted by Gasteiger charge is -2.39. The molecule has 0 aromatic carbocycles. The Labute approximate surface area is 140 Å². The van der Waals surface area contributed by atoms with E-state index in [-0.39, 0.29) is 24.5 Å². The van der Waals surface area contributed by atoms with E-state index in [4.69, 9.17) is 4.74 Å². The molecule has 2 aliphatic carbocycles. The quantitative estimate of drug-likeness (QED) is 0.533. The van der Waals surface area contributed by atoms with Crippen LogP contribution in [-0.4, -0.2) is 24.1 Å². The standard InChI is InChI=1S/C16H26F3NO2S/c1-11(20-23-16(17,18)19)10-22-15(21)6-5-14-8-12-3-2-4-13(7-12)9-14/h11-14,20H,2-10H2,1H3. The maximum absolute atomic E-state index is 12.0. The van der Waals surface area contributed by atoms with Crippen molar-refractivity contribution >= 4 is 17.9 Å². The molecule has 2 rings (SSSR count). The zero-order valence-corrected chi connectivity index (χ0v) is 14.3. The van der Waals surface area contributed by atoms with Gasteiger partial charge < -0.3 is 4.74 Å². The van der Waals surface area contributed by atoms with Crippen LogP contribution in [0.25, 0.3) is 0 Å². The minimum absolute atomic E-state index is 0.0299. The molecule has 7 heteroatoms. The molecule has 0 amide bonds. The topological polar surface area (TPSA) is 38.3 Å². The maximum atomic E-state index is 12.0. The van der Waals surface area contributed by atoms with E-state index < -0.39 is 11.6 Å². The Morgan fingerprint density at radius 3 is 2.52 bits per heavy atom. The maximum Gasteiger partial charge on any atom is 0.456 e. The van der Waals surface area contributed by atoms with Gasteiger partial charge in [-0.05, 0) is 50.4 Å². The van der Waals surface area contributed by atoms with Crippen LogP contribution in [-0.2, 0) is 9.53 Å². The Bertz CT molecular complexity index is 380. The second kappa shape index (κ2) is 8.60. The third-order valence-corrected chi connectivity index (χ3v) is 5.60. The molecule has 0 aromatic heterocycles. The average Bonchev–Trinajstić information content (AvgIpc) is 2.48. The summed E-state index contributed by atoms with van der Waals surface area (Å²) < 4.78 is 43.4. The van der Waals surface area contributed by atoms with Crippen LogP contribution in [0.2, 0.25) is 0 Å². The first-order valence-corrected chi connectivity index (χ1v) is 9.29. The molecule has 0 radical (unpaired) electrons. The highest BCUT2D eigenvalue weighted by atomic mass is 32.2. The molecule has 2 bridgehead atoms. The second-order valence-corrected chi connectivity index (χ2v) is 7.93. The number of ether oxygens (including phenoxy) is 1. The number of halogens is 3. The molecule has 1 N–H and O–H groups in total. The van der Waals surface area contributed by atoms with Gasteiger partial charge in [-0.2, -0.15) is 13.2 Å². The molecule has 0 spiro atoms. The lowest BCUT2D eigenvalue weighted by molar-refractivity contribution is -0.144. The fourth-order valence-corrected chi connectivity index (χ4v) is 4.32. The van der Waals surface area contributed by atoms with Gasteiger partial charge in [0.2, 0.25) is 0 Å². The summed E-state index contributed by atoms with van der Waals surface area (Å²) in [6.45, 7) is 1.53. The van der Waals surface area contributed by atoms with Crippen molar-refractivity contribution in [3.05, 3.63) is 0 Å². The first-order valence-electron chi connectivity index (χ1n) is 8.47. The Morgan fingerprint density at radius 1 is 1.26 bits per heavy atom. The van der Waals surface area contributed by atoms with E-state index in [2.05, 4.69) is 4.72 Å². The van der Waals surface area contributed by atoms with Gasteiger partial charge in [0, 0.05) is 24.4 Å². The number of carbonyl (C=O) groups excluding carboxylic acids is 1. The van der Waals surface area contributed by atoms with Crippen LogP contribution in [0.15, 0.2) is 0 Å². The van der Waals surface area contributed by atoms with Gasteiger partial charge in [0.1, 0.15) is 6.61 Å². The van der Waals surface area contributed by atoms with E-state index in [0.29, 0.717) is 12.3 Å². The first kappa shape index (κ1) is 18.9. The van der Waals surface area contributed by atoms with Crippen LogP contribution in [0.3, 0.4) is 0 Å². The van der Waals surface area contributed by atoms with E-state index in [0.717, 1.165) is 18.3 Å². The number of fused-ring (bicyclic) bond motifs is 2. The average molecular weight is 353 g/mol. The SMILES string of the molecule is CC(COC(=O)CCC1CC2CCCC(C2)C1)NSC(F)(F)F. The van der Waals surface area contributed by atoms with Crippen LogP contribution in [0.4, 0.5) is 13.2 Å². The van der Waals surface area contributed by atoms with Crippen molar-refractivity contribution in [1.29, 1.82) is 0 Å². The largest absolute Gasteiger partial charge is 0.464 e. The predicted octanol–water partition coefficient (Wildman–Crippen LogP) is 4.67. The molecule has 3 unspecified atom stereocenters. The normalized spacial score (nSPS) is 29.1. The van der Waals surface area contributed by atoms with Crippen molar-refractivity contribution in [1.82, 2.24) is 4.72 Å². The van der Waals surface area contributed by atoms with E-state index in [1.807, 2.05) is 0 Å². The van der Waals surface area contributed by atoms with Gasteiger partial charge in [-0.1, -0.05) is 19.3 Å². The molecule has 0 aromatic rings. The molecule has 134 valence electrons. The van der Waals surface area contributed by atoms with E-state index >= 15 is 0 Å². The summed E-state index contributed by atoms with van der Waals surface area (Å²) in [5.74, 6) is 1.99. The smallest absolute Gasteiger partial charge is 0.456 e. The summed E-state index contributed by atoms with van der Waals surface area (Å²) >= 11 is -0.303. The number of rotatable bonds is 7. The molecule has 23 heavy (non-hydrogen) atoms. The lowest BCUT2D eigenvalue weighted by atomic mass is 9.67. The number of alkyl halides is 3. The molecular formula is C16H26F3NO2S. The summed E-state index contributed by atoms with van der Waals surface area (Å²) in [6.07, 6.45) is 9.06. The number of esters is 1. The minimum atomic E-state index is -4.32. The lowest BCUT2D eigenvalue weighted by Crippen LogP contribution is -2.29. The summed E-state index contributed by atoms with van der Waals surface area (Å²) in [4.78, 5) is 11.8. The number of carbonyl (C=O) groups is 1. The number of hydrogen-bond acceptors (Lipinski definition) is 4. The van der Waals surface area contributed by atoms with Crippen LogP contribution in [0.1, 0.15) is 58.3 Å². The van der Waals surface area contributed by atoms with Crippen molar-refractivity contribution in [2.75, 3.05) is 6.61 Å². The molecule has 0 aliphatic heterocycles. The summed E-state index contributed by atoms with van der Waals surface area (Å²) in [7, 11) is 0. The van der Waals surface area contributed by atoms with Gasteiger partial charge in [-0.3, -0.25) is 9.52 Å². The van der Waals surface area contributed by atoms with Crippen molar-refractivity contribution in [3.63, 3.8) is 0 Å². The summed E-state index contributed by atoms with van der Waals surface area (Å²) in [5.41, 5.74) is -4.32. The molecule has 2 aliphatic rings. The van der Waals surface area contributed by atoms with Gasteiger partial charge >= 0.3 is 11.5 Å². The highest BCUT2D eigenvalue weighted by Crippen LogP contribution is 2.43. The van der Waals surface area contributed by atoms with Crippen LogP contribution in [0.5, 0.6) is 0 Å². The first-order chi connectivity index (χ1) is 10.8. The monoisotopic (exact) mass is 353 g/mol. The minimum Gasteiger partial charge on any atom is -0.464 e. The molecule has 3 atom stereocenters. The van der Waals surface area contributed by atoms with Crippen molar-refractivity contribution in [2.24, 2.45) is 17.8 Å². The summed E-state index contributed by atoms with van der Waals surface area (Å²) in [5, 5.41) is 0.